The minimum absolute atomic E-state index is 0.183. The molecular weight excluding hydrogens is 382 g/mol. The predicted octanol–water partition coefficient (Wildman–Crippen LogP) is 4.14. The van der Waals surface area contributed by atoms with Gasteiger partial charge in [0.25, 0.3) is 5.91 Å². The molecule has 1 N–H and O–H groups in total. The van der Waals surface area contributed by atoms with Crippen molar-refractivity contribution in [3.63, 3.8) is 0 Å². The number of ether oxygens (including phenoxy) is 3. The molecule has 154 valence electrons. The molecule has 1 aromatic carbocycles. The molecule has 1 aromatic rings. The van der Waals surface area contributed by atoms with Gasteiger partial charge in [-0.2, -0.15) is 0 Å². The van der Waals surface area contributed by atoms with Crippen LogP contribution in [0.5, 0.6) is 11.5 Å². The first-order valence-corrected chi connectivity index (χ1v) is 10.1. The predicted molar refractivity (Wildman–Crippen MR) is 109 cm³/mol. The van der Waals surface area contributed by atoms with Crippen LogP contribution in [0, 0.1) is 0 Å². The molecule has 28 heavy (non-hydrogen) atoms. The molecule has 1 aliphatic rings. The molecule has 1 aliphatic carbocycles. The summed E-state index contributed by atoms with van der Waals surface area (Å²) in [5, 5.41) is 3.32. The number of hydrogen-bond acceptors (Lipinski definition) is 5. The van der Waals surface area contributed by atoms with E-state index in [9.17, 15) is 9.59 Å². The number of carbonyl (C=O) groups is 2. The Morgan fingerprint density at radius 1 is 1.21 bits per heavy atom. The van der Waals surface area contributed by atoms with Crippen LogP contribution in [0.2, 0.25) is 5.02 Å². The van der Waals surface area contributed by atoms with Gasteiger partial charge in [0.1, 0.15) is 0 Å². The molecule has 1 amide bonds. The molecule has 0 spiro atoms. The third-order valence-electron chi connectivity index (χ3n) is 4.51. The van der Waals surface area contributed by atoms with Crippen molar-refractivity contribution in [3.8, 4) is 11.5 Å². The Hall–Kier alpha value is -2.21. The first-order valence-electron chi connectivity index (χ1n) is 9.68. The number of hydrogen-bond donors (Lipinski definition) is 1. The molecule has 6 nitrogen and oxygen atoms in total. The average molecular weight is 410 g/mol. The van der Waals surface area contributed by atoms with Crippen molar-refractivity contribution in [2.24, 2.45) is 0 Å². The van der Waals surface area contributed by atoms with Crippen LogP contribution in [0.25, 0.3) is 6.08 Å². The zero-order chi connectivity index (χ0) is 20.4. The summed E-state index contributed by atoms with van der Waals surface area (Å²) < 4.78 is 15.8. The summed E-state index contributed by atoms with van der Waals surface area (Å²) in [6.45, 7) is 2.03. The van der Waals surface area contributed by atoms with Crippen LogP contribution >= 0.6 is 11.6 Å². The summed E-state index contributed by atoms with van der Waals surface area (Å²) in [4.78, 5) is 23.9. The van der Waals surface area contributed by atoms with E-state index in [1.165, 1.54) is 26.0 Å². The number of nitrogens with one attached hydrogen (secondary N) is 1. The summed E-state index contributed by atoms with van der Waals surface area (Å²) in [5.74, 6) is 0.0763. The number of esters is 1. The highest BCUT2D eigenvalue weighted by atomic mass is 35.5. The Kier molecular flexibility index (Phi) is 9.14. The molecule has 2 rings (SSSR count). The molecule has 0 atom stereocenters. The zero-order valence-electron chi connectivity index (χ0n) is 16.5. The minimum atomic E-state index is -0.596. The second-order valence-corrected chi connectivity index (χ2v) is 7.07. The zero-order valence-corrected chi connectivity index (χ0v) is 17.2. The Balaban J connectivity index is 1.86. The molecule has 0 bridgehead atoms. The van der Waals surface area contributed by atoms with E-state index in [0.717, 1.165) is 25.7 Å². The fraction of sp³-hybridized carbons (Fsp3) is 0.524. The van der Waals surface area contributed by atoms with Gasteiger partial charge in [0.15, 0.2) is 18.1 Å². The van der Waals surface area contributed by atoms with Crippen LogP contribution < -0.4 is 14.8 Å². The topological polar surface area (TPSA) is 73.9 Å². The lowest BCUT2D eigenvalue weighted by Crippen LogP contribution is -2.37. The number of amides is 1. The summed E-state index contributed by atoms with van der Waals surface area (Å²) in [6, 6.07) is 3.56. The monoisotopic (exact) mass is 409 g/mol. The Labute approximate surface area is 171 Å². The van der Waals surface area contributed by atoms with E-state index in [2.05, 4.69) is 5.32 Å². The lowest BCUT2D eigenvalue weighted by atomic mass is 10.1. The standard InChI is InChI=1S/C21H28ClNO5/c1-3-27-18-13-15(12-17(22)21(18)26-2)10-11-20(25)28-14-19(24)23-16-8-6-4-5-7-9-16/h10-13,16H,3-9,14H2,1-2H3,(H,23,24)/b11-10+. The third-order valence-corrected chi connectivity index (χ3v) is 4.79. The highest BCUT2D eigenvalue weighted by molar-refractivity contribution is 6.32. The van der Waals surface area contributed by atoms with Crippen molar-refractivity contribution in [3.05, 3.63) is 28.8 Å². The fourth-order valence-electron chi connectivity index (χ4n) is 3.19. The van der Waals surface area contributed by atoms with Gasteiger partial charge in [0, 0.05) is 12.1 Å². The minimum Gasteiger partial charge on any atom is -0.491 e. The van der Waals surface area contributed by atoms with E-state index in [0.29, 0.717) is 28.7 Å². The molecule has 0 saturated heterocycles. The van der Waals surface area contributed by atoms with E-state index in [4.69, 9.17) is 25.8 Å². The molecular formula is C21H28ClNO5. The number of halogens is 1. The molecule has 7 heteroatoms. The van der Waals surface area contributed by atoms with Crippen molar-refractivity contribution >= 4 is 29.6 Å². The normalized spacial score (nSPS) is 15.1. The van der Waals surface area contributed by atoms with Crippen LogP contribution in [-0.2, 0) is 14.3 Å². The first-order chi connectivity index (χ1) is 13.5. The lowest BCUT2D eigenvalue weighted by Gasteiger charge is -2.15. The van der Waals surface area contributed by atoms with Gasteiger partial charge >= 0.3 is 5.97 Å². The van der Waals surface area contributed by atoms with Crippen molar-refractivity contribution in [2.45, 2.75) is 51.5 Å². The van der Waals surface area contributed by atoms with Gasteiger partial charge in [-0.05, 0) is 43.5 Å². The number of rotatable bonds is 8. The largest absolute Gasteiger partial charge is 0.491 e. The molecule has 0 unspecified atom stereocenters. The van der Waals surface area contributed by atoms with Gasteiger partial charge in [-0.3, -0.25) is 4.79 Å². The molecule has 1 fully saturated rings. The maximum Gasteiger partial charge on any atom is 0.331 e. The first kappa shape index (κ1) is 22.1. The quantitative estimate of drug-likeness (QED) is 0.396. The number of benzene rings is 1. The summed E-state index contributed by atoms with van der Waals surface area (Å²) in [6.07, 6.45) is 9.47. The second kappa shape index (κ2) is 11.6. The summed E-state index contributed by atoms with van der Waals surface area (Å²) in [7, 11) is 1.51. The van der Waals surface area contributed by atoms with Gasteiger partial charge in [-0.15, -0.1) is 0 Å². The second-order valence-electron chi connectivity index (χ2n) is 6.66. The molecule has 1 saturated carbocycles. The van der Waals surface area contributed by atoms with E-state index in [-0.39, 0.29) is 18.6 Å². The van der Waals surface area contributed by atoms with E-state index in [1.54, 1.807) is 18.2 Å². The number of carbonyl (C=O) groups excluding carboxylic acids is 2. The maximum absolute atomic E-state index is 12.0. The Morgan fingerprint density at radius 3 is 2.57 bits per heavy atom. The maximum atomic E-state index is 12.0. The van der Waals surface area contributed by atoms with Gasteiger partial charge in [0.2, 0.25) is 0 Å². The summed E-state index contributed by atoms with van der Waals surface area (Å²) in [5.41, 5.74) is 0.661. The molecule has 0 radical (unpaired) electrons. The fourth-order valence-corrected chi connectivity index (χ4v) is 3.48. The van der Waals surface area contributed by atoms with Gasteiger partial charge < -0.3 is 19.5 Å². The summed E-state index contributed by atoms with van der Waals surface area (Å²) >= 11 is 6.18. The van der Waals surface area contributed by atoms with Crippen LogP contribution in [0.15, 0.2) is 18.2 Å². The molecule has 0 heterocycles. The van der Waals surface area contributed by atoms with Crippen molar-refractivity contribution in [2.75, 3.05) is 20.3 Å². The average Bonchev–Trinajstić information content (AvgIpc) is 2.93. The SMILES string of the molecule is CCOc1cc(/C=C/C(=O)OCC(=O)NC2CCCCCC2)cc(Cl)c1OC. The Bertz CT molecular complexity index is 696. The van der Waals surface area contributed by atoms with Gasteiger partial charge in [-0.25, -0.2) is 4.79 Å². The van der Waals surface area contributed by atoms with Crippen LogP contribution in [0.4, 0.5) is 0 Å². The lowest BCUT2D eigenvalue weighted by molar-refractivity contribution is -0.144. The highest BCUT2D eigenvalue weighted by Crippen LogP contribution is 2.36. The van der Waals surface area contributed by atoms with Crippen molar-refractivity contribution < 1.29 is 23.8 Å². The van der Waals surface area contributed by atoms with E-state index >= 15 is 0 Å². The smallest absolute Gasteiger partial charge is 0.331 e. The van der Waals surface area contributed by atoms with Crippen molar-refractivity contribution in [1.82, 2.24) is 5.32 Å². The van der Waals surface area contributed by atoms with E-state index < -0.39 is 5.97 Å². The Morgan fingerprint density at radius 2 is 1.93 bits per heavy atom. The van der Waals surface area contributed by atoms with Crippen LogP contribution in [-0.4, -0.2) is 38.2 Å². The van der Waals surface area contributed by atoms with E-state index in [1.807, 2.05) is 6.92 Å². The molecule has 0 aromatic heterocycles. The van der Waals surface area contributed by atoms with Gasteiger partial charge in [-0.1, -0.05) is 37.3 Å². The van der Waals surface area contributed by atoms with Gasteiger partial charge in [0.05, 0.1) is 18.7 Å². The van der Waals surface area contributed by atoms with Crippen LogP contribution in [0.3, 0.4) is 0 Å². The molecule has 0 aliphatic heterocycles. The number of methoxy groups -OCH3 is 1. The third kappa shape index (κ3) is 7.08. The van der Waals surface area contributed by atoms with Crippen LogP contribution in [0.1, 0.15) is 51.0 Å². The highest BCUT2D eigenvalue weighted by Gasteiger charge is 2.15. The van der Waals surface area contributed by atoms with Crippen molar-refractivity contribution in [1.29, 1.82) is 0 Å².